The summed E-state index contributed by atoms with van der Waals surface area (Å²) in [5.41, 5.74) is 2.44. The molecule has 0 aromatic heterocycles. The van der Waals surface area contributed by atoms with Crippen molar-refractivity contribution in [2.24, 2.45) is 0 Å². The molecule has 16 heavy (non-hydrogen) atoms. The highest BCUT2D eigenvalue weighted by atomic mass is 16.5. The van der Waals surface area contributed by atoms with Crippen LogP contribution in [0.25, 0.3) is 11.1 Å². The van der Waals surface area contributed by atoms with Crippen molar-refractivity contribution in [1.82, 2.24) is 0 Å². The Balaban J connectivity index is 2.20. The van der Waals surface area contributed by atoms with E-state index in [0.717, 1.165) is 11.9 Å². The lowest BCUT2D eigenvalue weighted by molar-refractivity contribution is 0.345. The first kappa shape index (κ1) is 10.7. The Kier molecular flexibility index (Phi) is 3.25. The van der Waals surface area contributed by atoms with Crippen LogP contribution in [0.2, 0.25) is 0 Å². The van der Waals surface area contributed by atoms with Gasteiger partial charge in [-0.3, -0.25) is 0 Å². The molecular weight excluding hydrogens is 196 g/mol. The van der Waals surface area contributed by atoms with Gasteiger partial charge in [0.1, 0.15) is 11.9 Å². The molecule has 0 spiro atoms. The molecule has 1 radical (unpaired) electrons. The topological polar surface area (TPSA) is 9.23 Å². The Morgan fingerprint density at radius 3 is 1.88 bits per heavy atom. The van der Waals surface area contributed by atoms with E-state index in [9.17, 15) is 0 Å². The molecular formula is C15H15O. The summed E-state index contributed by atoms with van der Waals surface area (Å²) in [5.74, 6) is 0.889. The smallest absolute Gasteiger partial charge is 0.142 e. The van der Waals surface area contributed by atoms with E-state index in [2.05, 4.69) is 24.3 Å². The SMILES string of the molecule is C[C](C)Oc1ccc(-c2ccccc2)cc1. The predicted molar refractivity (Wildman–Crippen MR) is 67.1 cm³/mol. The van der Waals surface area contributed by atoms with Gasteiger partial charge in [0.2, 0.25) is 0 Å². The minimum absolute atomic E-state index is 0.889. The van der Waals surface area contributed by atoms with E-state index in [1.807, 2.05) is 44.2 Å². The zero-order valence-electron chi connectivity index (χ0n) is 9.60. The van der Waals surface area contributed by atoms with E-state index in [1.165, 1.54) is 11.1 Å². The molecule has 0 atom stereocenters. The van der Waals surface area contributed by atoms with Crippen molar-refractivity contribution in [2.75, 3.05) is 0 Å². The molecule has 0 N–H and O–H groups in total. The Morgan fingerprint density at radius 2 is 1.31 bits per heavy atom. The lowest BCUT2D eigenvalue weighted by Gasteiger charge is -2.09. The summed E-state index contributed by atoms with van der Waals surface area (Å²) in [4.78, 5) is 0. The molecule has 0 fully saturated rings. The highest BCUT2D eigenvalue weighted by molar-refractivity contribution is 5.63. The fourth-order valence-electron chi connectivity index (χ4n) is 1.58. The molecule has 0 heterocycles. The minimum Gasteiger partial charge on any atom is -0.484 e. The van der Waals surface area contributed by atoms with Gasteiger partial charge in [-0.1, -0.05) is 42.5 Å². The fraction of sp³-hybridized carbons (Fsp3) is 0.133. The van der Waals surface area contributed by atoms with Crippen molar-refractivity contribution in [1.29, 1.82) is 0 Å². The van der Waals surface area contributed by atoms with Crippen molar-refractivity contribution in [3.05, 3.63) is 60.7 Å². The van der Waals surface area contributed by atoms with Crippen molar-refractivity contribution in [3.8, 4) is 16.9 Å². The first-order valence-corrected chi connectivity index (χ1v) is 5.39. The van der Waals surface area contributed by atoms with E-state index in [4.69, 9.17) is 4.74 Å². The molecule has 2 aromatic carbocycles. The zero-order valence-corrected chi connectivity index (χ0v) is 9.60. The van der Waals surface area contributed by atoms with E-state index < -0.39 is 0 Å². The van der Waals surface area contributed by atoms with Gasteiger partial charge < -0.3 is 4.74 Å². The van der Waals surface area contributed by atoms with Crippen LogP contribution < -0.4 is 4.74 Å². The second-order valence-electron chi connectivity index (χ2n) is 3.90. The maximum Gasteiger partial charge on any atom is 0.142 e. The van der Waals surface area contributed by atoms with Gasteiger partial charge in [0.05, 0.1) is 0 Å². The first-order chi connectivity index (χ1) is 7.75. The minimum atomic E-state index is 0.889. The number of hydrogen-bond acceptors (Lipinski definition) is 1. The summed E-state index contributed by atoms with van der Waals surface area (Å²) >= 11 is 0. The molecule has 0 unspecified atom stereocenters. The van der Waals surface area contributed by atoms with Crippen LogP contribution in [0.3, 0.4) is 0 Å². The van der Waals surface area contributed by atoms with Gasteiger partial charge in [-0.05, 0) is 37.1 Å². The summed E-state index contributed by atoms with van der Waals surface area (Å²) in [6.07, 6.45) is 0.951. The summed E-state index contributed by atoms with van der Waals surface area (Å²) < 4.78 is 5.52. The van der Waals surface area contributed by atoms with Gasteiger partial charge in [0.25, 0.3) is 0 Å². The summed E-state index contributed by atoms with van der Waals surface area (Å²) in [6.45, 7) is 3.90. The third-order valence-electron chi connectivity index (χ3n) is 2.28. The number of hydrogen-bond donors (Lipinski definition) is 0. The molecule has 0 aliphatic rings. The van der Waals surface area contributed by atoms with Crippen LogP contribution in [0, 0.1) is 6.10 Å². The van der Waals surface area contributed by atoms with Crippen LogP contribution >= 0.6 is 0 Å². The second-order valence-corrected chi connectivity index (χ2v) is 3.90. The van der Waals surface area contributed by atoms with Crippen LogP contribution in [-0.4, -0.2) is 0 Å². The molecule has 0 bridgehead atoms. The van der Waals surface area contributed by atoms with Crippen LogP contribution in [0.1, 0.15) is 13.8 Å². The number of benzene rings is 2. The molecule has 0 saturated carbocycles. The highest BCUT2D eigenvalue weighted by Gasteiger charge is 2.00. The average molecular weight is 211 g/mol. The predicted octanol–water partition coefficient (Wildman–Crippen LogP) is 4.30. The maximum absolute atomic E-state index is 5.52. The Morgan fingerprint density at radius 1 is 0.750 bits per heavy atom. The van der Waals surface area contributed by atoms with Gasteiger partial charge in [-0.2, -0.15) is 0 Å². The number of rotatable bonds is 3. The van der Waals surface area contributed by atoms with Crippen LogP contribution in [0.15, 0.2) is 54.6 Å². The van der Waals surface area contributed by atoms with E-state index in [0.29, 0.717) is 0 Å². The lowest BCUT2D eigenvalue weighted by Crippen LogP contribution is -1.95. The van der Waals surface area contributed by atoms with Gasteiger partial charge in [-0.25, -0.2) is 0 Å². The van der Waals surface area contributed by atoms with E-state index in [1.54, 1.807) is 0 Å². The van der Waals surface area contributed by atoms with Gasteiger partial charge in [-0.15, -0.1) is 0 Å². The van der Waals surface area contributed by atoms with E-state index >= 15 is 0 Å². The van der Waals surface area contributed by atoms with Gasteiger partial charge >= 0.3 is 0 Å². The van der Waals surface area contributed by atoms with Crippen LogP contribution in [0.5, 0.6) is 5.75 Å². The van der Waals surface area contributed by atoms with Crippen LogP contribution in [-0.2, 0) is 0 Å². The summed E-state index contributed by atoms with van der Waals surface area (Å²) in [7, 11) is 0. The molecule has 0 amide bonds. The molecule has 0 aliphatic heterocycles. The van der Waals surface area contributed by atoms with Crippen molar-refractivity contribution >= 4 is 0 Å². The normalized spacial score (nSPS) is 10.4. The Hall–Kier alpha value is -1.76. The average Bonchev–Trinajstić information content (AvgIpc) is 2.30. The highest BCUT2D eigenvalue weighted by Crippen LogP contribution is 2.23. The molecule has 2 rings (SSSR count). The maximum atomic E-state index is 5.52. The Bertz CT molecular complexity index is 429. The van der Waals surface area contributed by atoms with Gasteiger partial charge in [0.15, 0.2) is 0 Å². The van der Waals surface area contributed by atoms with Gasteiger partial charge in [0, 0.05) is 0 Å². The summed E-state index contributed by atoms with van der Waals surface area (Å²) in [5, 5.41) is 0. The van der Waals surface area contributed by atoms with Crippen molar-refractivity contribution in [2.45, 2.75) is 13.8 Å². The quantitative estimate of drug-likeness (QED) is 0.735. The van der Waals surface area contributed by atoms with E-state index in [-0.39, 0.29) is 0 Å². The largest absolute Gasteiger partial charge is 0.484 e. The second kappa shape index (κ2) is 4.84. The molecule has 0 saturated heterocycles. The molecule has 0 aliphatic carbocycles. The fourth-order valence-corrected chi connectivity index (χ4v) is 1.58. The standard InChI is InChI=1S/C15H15O/c1-12(2)16-15-10-8-14(9-11-15)13-6-4-3-5-7-13/h3-11H,1-2H3. The zero-order chi connectivity index (χ0) is 11.4. The van der Waals surface area contributed by atoms with Crippen molar-refractivity contribution < 1.29 is 4.74 Å². The van der Waals surface area contributed by atoms with Crippen LogP contribution in [0.4, 0.5) is 0 Å². The molecule has 2 aromatic rings. The summed E-state index contributed by atoms with van der Waals surface area (Å²) in [6, 6.07) is 18.5. The molecule has 1 heteroatoms. The first-order valence-electron chi connectivity index (χ1n) is 5.39. The lowest BCUT2D eigenvalue weighted by atomic mass is 10.1. The Labute approximate surface area is 96.7 Å². The molecule has 81 valence electrons. The third-order valence-corrected chi connectivity index (χ3v) is 2.28. The number of ether oxygens (including phenoxy) is 1. The third kappa shape index (κ3) is 2.63. The monoisotopic (exact) mass is 211 g/mol. The van der Waals surface area contributed by atoms with Crippen molar-refractivity contribution in [3.63, 3.8) is 0 Å². The molecule has 1 nitrogen and oxygen atoms in total.